The highest BCUT2D eigenvalue weighted by Gasteiger charge is 2.23. The number of nitrogens with zero attached hydrogens (tertiary/aromatic N) is 1. The second-order valence-electron chi connectivity index (χ2n) is 4.69. The first-order valence-corrected chi connectivity index (χ1v) is 6.52. The molecule has 98 valence electrons. The molecule has 2 aromatic rings. The fraction of sp³-hybridized carbons (Fsp3) is 0.214. The van der Waals surface area contributed by atoms with Crippen LogP contribution >= 0.6 is 11.6 Å². The molecular formula is C14H14ClN3O. The number of nitrogens with one attached hydrogen (secondary N) is 1. The molecule has 1 amide bonds. The van der Waals surface area contributed by atoms with Crippen molar-refractivity contribution in [3.8, 4) is 0 Å². The Bertz CT molecular complexity index is 635. The Morgan fingerprint density at radius 2 is 2.26 bits per heavy atom. The molecule has 19 heavy (non-hydrogen) atoms. The molecule has 1 aliphatic rings. The monoisotopic (exact) mass is 275 g/mol. The molecule has 0 radical (unpaired) electrons. The van der Waals surface area contributed by atoms with Gasteiger partial charge in [-0.25, -0.2) is 0 Å². The summed E-state index contributed by atoms with van der Waals surface area (Å²) in [5.41, 5.74) is 9.53. The number of aromatic amines is 1. The van der Waals surface area contributed by atoms with Crippen LogP contribution in [0, 0.1) is 0 Å². The van der Waals surface area contributed by atoms with E-state index in [1.165, 1.54) is 5.56 Å². The summed E-state index contributed by atoms with van der Waals surface area (Å²) >= 11 is 5.83. The number of carbonyl (C=O) groups excluding carboxylic acids is 1. The van der Waals surface area contributed by atoms with Crippen molar-refractivity contribution < 1.29 is 4.79 Å². The Kier molecular flexibility index (Phi) is 2.95. The van der Waals surface area contributed by atoms with Gasteiger partial charge in [-0.15, -0.1) is 0 Å². The molecule has 0 unspecified atom stereocenters. The number of rotatable bonds is 1. The van der Waals surface area contributed by atoms with Gasteiger partial charge in [0.1, 0.15) is 5.69 Å². The van der Waals surface area contributed by atoms with E-state index in [1.807, 2.05) is 12.1 Å². The lowest BCUT2D eigenvalue weighted by atomic mass is 9.98. The highest BCUT2D eigenvalue weighted by molar-refractivity contribution is 6.30. The molecule has 0 aliphatic carbocycles. The van der Waals surface area contributed by atoms with Gasteiger partial charge in [0.05, 0.1) is 5.02 Å². The number of amides is 1. The fourth-order valence-electron chi connectivity index (χ4n) is 2.44. The molecular weight excluding hydrogens is 262 g/mol. The van der Waals surface area contributed by atoms with Crippen molar-refractivity contribution >= 4 is 23.2 Å². The average molecular weight is 276 g/mol. The third kappa shape index (κ3) is 2.19. The average Bonchev–Trinajstić information content (AvgIpc) is 2.85. The minimum Gasteiger partial charge on any atom is -0.398 e. The smallest absolute Gasteiger partial charge is 0.270 e. The van der Waals surface area contributed by atoms with Gasteiger partial charge in [0.15, 0.2) is 0 Å². The predicted molar refractivity (Wildman–Crippen MR) is 75.1 cm³/mol. The number of nitrogen functional groups attached to an aromatic ring is 1. The molecule has 5 heteroatoms. The number of halogens is 1. The molecule has 3 N–H and O–H groups in total. The quantitative estimate of drug-likeness (QED) is 0.785. The van der Waals surface area contributed by atoms with Gasteiger partial charge in [0, 0.05) is 25.0 Å². The second-order valence-corrected chi connectivity index (χ2v) is 5.13. The lowest BCUT2D eigenvalue weighted by Gasteiger charge is -2.29. The van der Waals surface area contributed by atoms with E-state index in [2.05, 4.69) is 11.1 Å². The molecule has 0 saturated heterocycles. The molecule has 2 heterocycles. The Labute approximate surface area is 116 Å². The zero-order valence-electron chi connectivity index (χ0n) is 10.3. The van der Waals surface area contributed by atoms with Crippen LogP contribution in [0.4, 0.5) is 5.69 Å². The van der Waals surface area contributed by atoms with E-state index in [0.717, 1.165) is 17.7 Å². The van der Waals surface area contributed by atoms with E-state index in [4.69, 9.17) is 17.3 Å². The Balaban J connectivity index is 1.86. The van der Waals surface area contributed by atoms with Crippen LogP contribution < -0.4 is 5.73 Å². The summed E-state index contributed by atoms with van der Waals surface area (Å²) in [4.78, 5) is 17.0. The van der Waals surface area contributed by atoms with Gasteiger partial charge in [-0.3, -0.25) is 4.79 Å². The van der Waals surface area contributed by atoms with Crippen molar-refractivity contribution in [1.29, 1.82) is 0 Å². The number of hydrogen-bond donors (Lipinski definition) is 2. The van der Waals surface area contributed by atoms with E-state index < -0.39 is 0 Å². The van der Waals surface area contributed by atoms with Gasteiger partial charge in [-0.1, -0.05) is 23.7 Å². The molecule has 0 saturated carbocycles. The topological polar surface area (TPSA) is 62.1 Å². The van der Waals surface area contributed by atoms with Gasteiger partial charge in [0.25, 0.3) is 5.91 Å². The van der Waals surface area contributed by atoms with Gasteiger partial charge >= 0.3 is 0 Å². The summed E-state index contributed by atoms with van der Waals surface area (Å²) in [6.07, 6.45) is 2.45. The van der Waals surface area contributed by atoms with Gasteiger partial charge in [0.2, 0.25) is 0 Å². The maximum atomic E-state index is 12.3. The van der Waals surface area contributed by atoms with Crippen LogP contribution in [-0.4, -0.2) is 22.3 Å². The van der Waals surface area contributed by atoms with Crippen LogP contribution in [-0.2, 0) is 13.0 Å². The number of anilines is 1. The first-order chi connectivity index (χ1) is 9.15. The Morgan fingerprint density at radius 1 is 1.42 bits per heavy atom. The summed E-state index contributed by atoms with van der Waals surface area (Å²) in [5, 5.41) is 0.542. The normalized spacial score (nSPS) is 14.3. The lowest BCUT2D eigenvalue weighted by Crippen LogP contribution is -2.36. The predicted octanol–water partition coefficient (Wildman–Crippen LogP) is 2.45. The number of hydrogen-bond acceptors (Lipinski definition) is 2. The Morgan fingerprint density at radius 3 is 3.00 bits per heavy atom. The van der Waals surface area contributed by atoms with E-state index in [1.54, 1.807) is 17.2 Å². The highest BCUT2D eigenvalue weighted by atomic mass is 35.5. The molecule has 1 aliphatic heterocycles. The number of aromatic nitrogens is 1. The van der Waals surface area contributed by atoms with Crippen LogP contribution in [0.2, 0.25) is 5.02 Å². The van der Waals surface area contributed by atoms with Crippen molar-refractivity contribution in [2.45, 2.75) is 13.0 Å². The third-order valence-corrected chi connectivity index (χ3v) is 3.69. The molecule has 0 atom stereocenters. The molecule has 4 nitrogen and oxygen atoms in total. The fourth-order valence-corrected chi connectivity index (χ4v) is 2.61. The number of H-pyrrole nitrogens is 1. The number of nitrogens with two attached hydrogens (primary N) is 1. The van der Waals surface area contributed by atoms with Crippen molar-refractivity contribution in [2.75, 3.05) is 12.3 Å². The SMILES string of the molecule is Nc1cccc2c1CN(C(=O)c1cc(Cl)c[nH]1)CC2. The van der Waals surface area contributed by atoms with Crippen molar-refractivity contribution in [3.63, 3.8) is 0 Å². The maximum Gasteiger partial charge on any atom is 0.270 e. The zero-order valence-corrected chi connectivity index (χ0v) is 11.1. The summed E-state index contributed by atoms with van der Waals surface area (Å²) in [7, 11) is 0. The maximum absolute atomic E-state index is 12.3. The standard InChI is InChI=1S/C14H14ClN3O/c15-10-6-13(17-7-10)14(19)18-5-4-9-2-1-3-12(16)11(9)8-18/h1-3,6-7,17H,4-5,8,16H2. The molecule has 0 spiro atoms. The first kappa shape index (κ1) is 12.1. The molecule has 1 aromatic carbocycles. The van der Waals surface area contributed by atoms with E-state index in [-0.39, 0.29) is 5.91 Å². The first-order valence-electron chi connectivity index (χ1n) is 6.14. The third-order valence-electron chi connectivity index (χ3n) is 3.47. The van der Waals surface area contributed by atoms with E-state index >= 15 is 0 Å². The van der Waals surface area contributed by atoms with E-state index in [0.29, 0.717) is 23.8 Å². The van der Waals surface area contributed by atoms with Crippen molar-refractivity contribution in [2.24, 2.45) is 0 Å². The molecule has 0 bridgehead atoms. The van der Waals surface area contributed by atoms with Crippen LogP contribution in [0.15, 0.2) is 30.5 Å². The van der Waals surface area contributed by atoms with Crippen LogP contribution in [0.5, 0.6) is 0 Å². The number of carbonyl (C=O) groups is 1. The molecule has 1 aromatic heterocycles. The zero-order chi connectivity index (χ0) is 13.4. The highest BCUT2D eigenvalue weighted by Crippen LogP contribution is 2.25. The Hall–Kier alpha value is -1.94. The number of benzene rings is 1. The van der Waals surface area contributed by atoms with Crippen molar-refractivity contribution in [1.82, 2.24) is 9.88 Å². The van der Waals surface area contributed by atoms with Crippen LogP contribution in [0.25, 0.3) is 0 Å². The van der Waals surface area contributed by atoms with E-state index in [9.17, 15) is 4.79 Å². The molecule has 0 fully saturated rings. The van der Waals surface area contributed by atoms with Gasteiger partial charge < -0.3 is 15.6 Å². The minimum atomic E-state index is -0.0409. The largest absolute Gasteiger partial charge is 0.398 e. The van der Waals surface area contributed by atoms with Crippen LogP contribution in [0.1, 0.15) is 21.6 Å². The van der Waals surface area contributed by atoms with Gasteiger partial charge in [-0.2, -0.15) is 0 Å². The number of fused-ring (bicyclic) bond motifs is 1. The second kappa shape index (κ2) is 4.63. The summed E-state index contributed by atoms with van der Waals surface area (Å²) in [5.74, 6) is -0.0409. The van der Waals surface area contributed by atoms with Crippen molar-refractivity contribution in [3.05, 3.63) is 52.3 Å². The summed E-state index contributed by atoms with van der Waals surface area (Å²) in [6.45, 7) is 1.25. The minimum absolute atomic E-state index is 0.0409. The summed E-state index contributed by atoms with van der Waals surface area (Å²) < 4.78 is 0. The van der Waals surface area contributed by atoms with Gasteiger partial charge in [-0.05, 0) is 29.7 Å². The van der Waals surface area contributed by atoms with Crippen LogP contribution in [0.3, 0.4) is 0 Å². The summed E-state index contributed by atoms with van der Waals surface area (Å²) in [6, 6.07) is 7.54. The lowest BCUT2D eigenvalue weighted by molar-refractivity contribution is 0.0730. The molecule has 3 rings (SSSR count).